The van der Waals surface area contributed by atoms with Gasteiger partial charge in [0.1, 0.15) is 6.54 Å². The number of carboxylic acids is 1. The molecule has 122 valence electrons. The van der Waals surface area contributed by atoms with Gasteiger partial charge in [-0.15, -0.1) is 0 Å². The van der Waals surface area contributed by atoms with E-state index in [0.717, 1.165) is 17.4 Å². The fraction of sp³-hybridized carbons (Fsp3) is 0.400. The van der Waals surface area contributed by atoms with Crippen LogP contribution in [0.25, 0.3) is 11.1 Å². The lowest BCUT2D eigenvalue weighted by molar-refractivity contribution is -0.122. The van der Waals surface area contributed by atoms with Gasteiger partial charge in [-0.2, -0.15) is 0 Å². The van der Waals surface area contributed by atoms with Gasteiger partial charge in [0.05, 0.1) is 17.2 Å². The fourth-order valence-electron chi connectivity index (χ4n) is 2.58. The van der Waals surface area contributed by atoms with Gasteiger partial charge in [0.25, 0.3) is 0 Å². The van der Waals surface area contributed by atoms with Crippen molar-refractivity contribution in [3.63, 3.8) is 0 Å². The second-order valence-corrected chi connectivity index (χ2v) is 5.38. The van der Waals surface area contributed by atoms with Gasteiger partial charge < -0.3 is 19.6 Å². The molecule has 1 saturated heterocycles. The molecule has 1 aromatic heterocycles. The Kier molecular flexibility index (Phi) is 4.16. The highest BCUT2D eigenvalue weighted by atomic mass is 16.5. The highest BCUT2D eigenvalue weighted by Crippen LogP contribution is 2.15. The van der Waals surface area contributed by atoms with E-state index in [-0.39, 0.29) is 35.2 Å². The maximum absolute atomic E-state index is 12.0. The molecule has 23 heavy (non-hydrogen) atoms. The smallest absolute Gasteiger partial charge is 0.420 e. The summed E-state index contributed by atoms with van der Waals surface area (Å²) in [5.74, 6) is -2.17. The van der Waals surface area contributed by atoms with Crippen LogP contribution >= 0.6 is 0 Å². The van der Waals surface area contributed by atoms with E-state index in [0.29, 0.717) is 13.2 Å². The second kappa shape index (κ2) is 6.25. The first-order valence-electron chi connectivity index (χ1n) is 7.29. The summed E-state index contributed by atoms with van der Waals surface area (Å²) in [6.45, 7) is 0.857. The Hall–Kier alpha value is -2.61. The summed E-state index contributed by atoms with van der Waals surface area (Å²) < 4.78 is 11.5. The zero-order chi connectivity index (χ0) is 16.4. The van der Waals surface area contributed by atoms with E-state index >= 15 is 0 Å². The van der Waals surface area contributed by atoms with Crippen molar-refractivity contribution >= 4 is 23.0 Å². The number of nitrogens with one attached hydrogen (secondary N) is 1. The Bertz CT molecular complexity index is 800. The molecule has 2 aromatic rings. The average molecular weight is 320 g/mol. The topological polar surface area (TPSA) is 111 Å². The first-order chi connectivity index (χ1) is 11.0. The van der Waals surface area contributed by atoms with Crippen LogP contribution in [0, 0.1) is 0 Å². The number of nitrogens with zero attached hydrogens (tertiary/aromatic N) is 1. The first kappa shape index (κ1) is 15.3. The summed E-state index contributed by atoms with van der Waals surface area (Å²) in [6, 6.07) is 4.06. The van der Waals surface area contributed by atoms with Crippen molar-refractivity contribution in [2.24, 2.45) is 0 Å². The van der Waals surface area contributed by atoms with E-state index in [9.17, 15) is 14.4 Å². The Morgan fingerprint density at radius 3 is 2.91 bits per heavy atom. The van der Waals surface area contributed by atoms with E-state index in [2.05, 4.69) is 5.32 Å². The SMILES string of the molecule is O=C(Cn1c(=O)oc2ccc(C(=O)O)cc21)NCC1CCCO1. The molecule has 1 aliphatic rings. The maximum atomic E-state index is 12.0. The molecule has 8 heteroatoms. The molecule has 1 unspecified atom stereocenters. The average Bonchev–Trinajstić information content (AvgIpc) is 3.13. The fourth-order valence-corrected chi connectivity index (χ4v) is 2.58. The number of carbonyl (C=O) groups is 2. The van der Waals surface area contributed by atoms with Gasteiger partial charge in [-0.1, -0.05) is 0 Å². The number of oxazole rings is 1. The summed E-state index contributed by atoms with van der Waals surface area (Å²) in [6.07, 6.45) is 1.89. The number of aromatic carboxylic acids is 1. The van der Waals surface area contributed by atoms with Crippen LogP contribution in [0.1, 0.15) is 23.2 Å². The molecule has 1 fully saturated rings. The molecule has 1 amide bonds. The summed E-state index contributed by atoms with van der Waals surface area (Å²) >= 11 is 0. The Morgan fingerprint density at radius 2 is 2.22 bits per heavy atom. The van der Waals surface area contributed by atoms with Crippen LogP contribution in [0.3, 0.4) is 0 Å². The molecule has 1 aliphatic heterocycles. The lowest BCUT2D eigenvalue weighted by Crippen LogP contribution is -2.35. The minimum absolute atomic E-state index is 0.00961. The molecule has 0 saturated carbocycles. The molecule has 3 rings (SSSR count). The van der Waals surface area contributed by atoms with Gasteiger partial charge in [0.2, 0.25) is 5.91 Å². The lowest BCUT2D eigenvalue weighted by Gasteiger charge is -2.10. The maximum Gasteiger partial charge on any atom is 0.420 e. The number of carboxylic acid groups (broad SMARTS) is 1. The first-order valence-corrected chi connectivity index (χ1v) is 7.29. The summed E-state index contributed by atoms with van der Waals surface area (Å²) in [5.41, 5.74) is 0.543. The molecule has 8 nitrogen and oxygen atoms in total. The van der Waals surface area contributed by atoms with Gasteiger partial charge in [0, 0.05) is 13.2 Å². The van der Waals surface area contributed by atoms with Crippen LogP contribution in [0.4, 0.5) is 0 Å². The van der Waals surface area contributed by atoms with Crippen molar-refractivity contribution in [1.29, 1.82) is 0 Å². The predicted molar refractivity (Wildman–Crippen MR) is 79.4 cm³/mol. The zero-order valence-corrected chi connectivity index (χ0v) is 12.3. The molecule has 0 bridgehead atoms. The Labute approximate surface area is 130 Å². The Morgan fingerprint density at radius 1 is 1.39 bits per heavy atom. The van der Waals surface area contributed by atoms with E-state index in [1.54, 1.807) is 0 Å². The van der Waals surface area contributed by atoms with Crippen molar-refractivity contribution in [2.75, 3.05) is 13.2 Å². The number of benzene rings is 1. The number of aromatic nitrogens is 1. The van der Waals surface area contributed by atoms with Crippen molar-refractivity contribution in [2.45, 2.75) is 25.5 Å². The van der Waals surface area contributed by atoms with Gasteiger partial charge in [-0.3, -0.25) is 9.36 Å². The van der Waals surface area contributed by atoms with Crippen LogP contribution in [-0.4, -0.2) is 40.8 Å². The largest absolute Gasteiger partial charge is 0.478 e. The third-order valence-electron chi connectivity index (χ3n) is 3.77. The monoisotopic (exact) mass is 320 g/mol. The molecule has 0 aliphatic carbocycles. The third kappa shape index (κ3) is 3.26. The number of carbonyl (C=O) groups excluding carboxylic acids is 1. The van der Waals surface area contributed by atoms with Crippen molar-refractivity contribution in [3.8, 4) is 0 Å². The lowest BCUT2D eigenvalue weighted by atomic mass is 10.2. The predicted octanol–water partition coefficient (Wildman–Crippen LogP) is 0.588. The highest BCUT2D eigenvalue weighted by molar-refractivity contribution is 5.92. The van der Waals surface area contributed by atoms with Crippen molar-refractivity contribution < 1.29 is 23.8 Å². The second-order valence-electron chi connectivity index (χ2n) is 5.38. The Balaban J connectivity index is 1.77. The van der Waals surface area contributed by atoms with E-state index in [1.165, 1.54) is 18.2 Å². The minimum atomic E-state index is -1.12. The molecule has 1 atom stereocenters. The molecule has 2 heterocycles. The van der Waals surface area contributed by atoms with Gasteiger partial charge >= 0.3 is 11.7 Å². The van der Waals surface area contributed by atoms with E-state index in [4.69, 9.17) is 14.3 Å². The molecular weight excluding hydrogens is 304 g/mol. The number of hydrogen-bond acceptors (Lipinski definition) is 5. The molecule has 0 spiro atoms. The van der Waals surface area contributed by atoms with Crippen LogP contribution in [0.15, 0.2) is 27.4 Å². The van der Waals surface area contributed by atoms with Crippen molar-refractivity contribution in [1.82, 2.24) is 9.88 Å². The van der Waals surface area contributed by atoms with Crippen molar-refractivity contribution in [3.05, 3.63) is 34.3 Å². The number of rotatable bonds is 5. The van der Waals surface area contributed by atoms with Crippen LogP contribution in [0.5, 0.6) is 0 Å². The zero-order valence-electron chi connectivity index (χ0n) is 12.3. The highest BCUT2D eigenvalue weighted by Gasteiger charge is 2.18. The van der Waals surface area contributed by atoms with Crippen LogP contribution in [-0.2, 0) is 16.1 Å². The molecule has 1 aromatic carbocycles. The normalized spacial score (nSPS) is 17.5. The number of fused-ring (bicyclic) bond motifs is 1. The van der Waals surface area contributed by atoms with Gasteiger partial charge in [0.15, 0.2) is 5.58 Å². The van der Waals surface area contributed by atoms with Crippen LogP contribution in [0.2, 0.25) is 0 Å². The summed E-state index contributed by atoms with van der Waals surface area (Å²) in [7, 11) is 0. The number of amides is 1. The van der Waals surface area contributed by atoms with Gasteiger partial charge in [-0.25, -0.2) is 9.59 Å². The molecule has 0 radical (unpaired) electrons. The minimum Gasteiger partial charge on any atom is -0.478 e. The number of hydrogen-bond donors (Lipinski definition) is 2. The van der Waals surface area contributed by atoms with Crippen LogP contribution < -0.4 is 11.1 Å². The quantitative estimate of drug-likeness (QED) is 0.834. The van der Waals surface area contributed by atoms with E-state index in [1.807, 2.05) is 0 Å². The van der Waals surface area contributed by atoms with E-state index < -0.39 is 11.7 Å². The summed E-state index contributed by atoms with van der Waals surface area (Å²) in [5, 5.41) is 11.7. The number of ether oxygens (including phenoxy) is 1. The standard InChI is InChI=1S/C15H16N2O6/c18-13(16-7-10-2-1-5-22-10)8-17-11-6-9(14(19)20)3-4-12(11)23-15(17)21/h3-4,6,10H,1-2,5,7-8H2,(H,16,18)(H,19,20). The van der Waals surface area contributed by atoms with Gasteiger partial charge in [-0.05, 0) is 31.0 Å². The molecule has 2 N–H and O–H groups in total. The molecular formula is C15H16N2O6. The third-order valence-corrected chi connectivity index (χ3v) is 3.77. The summed E-state index contributed by atoms with van der Waals surface area (Å²) in [4.78, 5) is 34.9.